The summed E-state index contributed by atoms with van der Waals surface area (Å²) in [5.41, 5.74) is 0. The van der Waals surface area contributed by atoms with E-state index in [1.165, 1.54) is 51.6 Å². The Kier molecular flexibility index (Phi) is 22.6. The molecule has 0 aliphatic heterocycles. The second-order valence-electron chi connectivity index (χ2n) is 10.3. The molecule has 0 radical (unpaired) electrons. The summed E-state index contributed by atoms with van der Waals surface area (Å²) in [6, 6.07) is 0. The molecule has 0 aromatic heterocycles. The summed E-state index contributed by atoms with van der Waals surface area (Å²) >= 11 is 0. The van der Waals surface area contributed by atoms with Gasteiger partial charge < -0.3 is 14.9 Å². The SMILES string of the molecule is CCCCCCCC/C=C\C=C\CCCCCC(=O)NCCCC[N+](C)(C)CC(O)CO[P+](C)=O. The number of amides is 1. The van der Waals surface area contributed by atoms with Crippen molar-refractivity contribution in [3.05, 3.63) is 24.3 Å². The molecule has 0 bridgehead atoms. The molecule has 0 rings (SSSR count). The first-order valence-electron chi connectivity index (χ1n) is 13.9. The molecule has 0 spiro atoms. The maximum absolute atomic E-state index is 12.0. The van der Waals surface area contributed by atoms with E-state index in [1.807, 2.05) is 0 Å². The van der Waals surface area contributed by atoms with E-state index in [-0.39, 0.29) is 12.5 Å². The number of aliphatic hydroxyl groups excluding tert-OH is 1. The molecule has 6 nitrogen and oxygen atoms in total. The average molecular weight is 515 g/mol. The van der Waals surface area contributed by atoms with Crippen LogP contribution >= 0.6 is 8.03 Å². The molecule has 2 atom stereocenters. The van der Waals surface area contributed by atoms with Crippen LogP contribution in [0.2, 0.25) is 0 Å². The lowest BCUT2D eigenvalue weighted by Crippen LogP contribution is -2.47. The summed E-state index contributed by atoms with van der Waals surface area (Å²) in [4.78, 5) is 12.0. The zero-order valence-electron chi connectivity index (χ0n) is 23.2. The Balaban J connectivity index is 3.58. The number of nitrogens with one attached hydrogen (secondary N) is 1. The number of unbranched alkanes of at least 4 members (excludes halogenated alkanes) is 10. The summed E-state index contributed by atoms with van der Waals surface area (Å²) in [7, 11) is 2.46. The van der Waals surface area contributed by atoms with Crippen molar-refractivity contribution in [2.45, 2.75) is 103 Å². The Labute approximate surface area is 217 Å². The molecule has 0 saturated carbocycles. The number of quaternary nitrogens is 1. The Morgan fingerprint density at radius 3 is 2.17 bits per heavy atom. The lowest BCUT2D eigenvalue weighted by molar-refractivity contribution is -0.893. The van der Waals surface area contributed by atoms with Gasteiger partial charge >= 0.3 is 8.03 Å². The van der Waals surface area contributed by atoms with Crippen LogP contribution in [0, 0.1) is 0 Å². The van der Waals surface area contributed by atoms with Crippen LogP contribution in [-0.4, -0.2) is 68.6 Å². The van der Waals surface area contributed by atoms with Crippen LogP contribution in [-0.2, 0) is 13.9 Å². The summed E-state index contributed by atoms with van der Waals surface area (Å²) in [6.45, 7) is 6.02. The normalized spacial score (nSPS) is 13.6. The number of allylic oxidation sites excluding steroid dienone is 4. The molecule has 2 unspecified atom stereocenters. The molecule has 0 aliphatic carbocycles. The fraction of sp³-hybridized carbons (Fsp3) is 0.821. The van der Waals surface area contributed by atoms with Gasteiger partial charge in [0.1, 0.15) is 19.3 Å². The third kappa shape index (κ3) is 25.8. The van der Waals surface area contributed by atoms with Crippen molar-refractivity contribution in [3.63, 3.8) is 0 Å². The van der Waals surface area contributed by atoms with Crippen LogP contribution in [0.3, 0.4) is 0 Å². The molecular weight excluding hydrogens is 459 g/mol. The van der Waals surface area contributed by atoms with Gasteiger partial charge in [-0.3, -0.25) is 4.79 Å². The molecule has 204 valence electrons. The highest BCUT2D eigenvalue weighted by Crippen LogP contribution is 2.16. The number of carbonyl (C=O) groups excluding carboxylic acids is 1. The van der Waals surface area contributed by atoms with E-state index >= 15 is 0 Å². The second kappa shape index (κ2) is 23.3. The zero-order chi connectivity index (χ0) is 26.2. The van der Waals surface area contributed by atoms with Crippen molar-refractivity contribution >= 4 is 13.9 Å². The van der Waals surface area contributed by atoms with Gasteiger partial charge in [0.2, 0.25) is 5.91 Å². The standard InChI is InChI=1S/C28H54N2O4P/c1-5-6-7-8-9-10-11-12-13-14-15-16-17-18-19-22-28(32)29-23-20-21-24-30(2,3)25-27(31)26-34-35(4)33/h12-15,27,31H,5-11,16-26H2,1-4H3/q+1/p+1/b13-12-,15-14+. The summed E-state index contributed by atoms with van der Waals surface area (Å²) in [5, 5.41) is 13.0. The van der Waals surface area contributed by atoms with Crippen molar-refractivity contribution in [2.24, 2.45) is 0 Å². The monoisotopic (exact) mass is 514 g/mol. The minimum absolute atomic E-state index is 0.107. The Morgan fingerprint density at radius 1 is 0.943 bits per heavy atom. The highest BCUT2D eigenvalue weighted by Gasteiger charge is 2.22. The van der Waals surface area contributed by atoms with E-state index in [9.17, 15) is 14.5 Å². The maximum atomic E-state index is 12.0. The van der Waals surface area contributed by atoms with Gasteiger partial charge in [0.15, 0.2) is 6.66 Å². The Hall–Kier alpha value is -1.07. The van der Waals surface area contributed by atoms with E-state index in [0.717, 1.165) is 45.1 Å². The van der Waals surface area contributed by atoms with Gasteiger partial charge in [-0.05, 0) is 49.5 Å². The number of rotatable bonds is 24. The topological polar surface area (TPSA) is 75.6 Å². The lowest BCUT2D eigenvalue weighted by Gasteiger charge is -2.31. The van der Waals surface area contributed by atoms with Crippen LogP contribution in [0.4, 0.5) is 0 Å². The van der Waals surface area contributed by atoms with Crippen molar-refractivity contribution in [2.75, 3.05) is 47.0 Å². The predicted octanol–water partition coefficient (Wildman–Crippen LogP) is 6.52. The first-order chi connectivity index (χ1) is 16.8. The van der Waals surface area contributed by atoms with Gasteiger partial charge in [0, 0.05) is 13.0 Å². The molecule has 1 amide bonds. The third-order valence-corrected chi connectivity index (χ3v) is 6.56. The Bertz CT molecular complexity index is 594. The first-order valence-corrected chi connectivity index (χ1v) is 15.5. The highest BCUT2D eigenvalue weighted by atomic mass is 31.1. The summed E-state index contributed by atoms with van der Waals surface area (Å²) in [5.74, 6) is 0.146. The van der Waals surface area contributed by atoms with E-state index in [4.69, 9.17) is 4.52 Å². The fourth-order valence-corrected chi connectivity index (χ4v) is 4.39. The molecule has 0 aromatic rings. The van der Waals surface area contributed by atoms with Crippen molar-refractivity contribution in [1.82, 2.24) is 5.32 Å². The number of hydrogen-bond donors (Lipinski definition) is 2. The largest absolute Gasteiger partial charge is 0.504 e. The number of carbonyl (C=O) groups is 1. The average Bonchev–Trinajstić information content (AvgIpc) is 2.79. The second-order valence-corrected chi connectivity index (χ2v) is 11.4. The zero-order valence-corrected chi connectivity index (χ0v) is 24.1. The molecule has 0 fully saturated rings. The van der Waals surface area contributed by atoms with Crippen molar-refractivity contribution in [3.8, 4) is 0 Å². The van der Waals surface area contributed by atoms with E-state index in [0.29, 0.717) is 24.0 Å². The highest BCUT2D eigenvalue weighted by molar-refractivity contribution is 7.38. The number of hydrogen-bond acceptors (Lipinski definition) is 4. The first kappa shape index (κ1) is 33.9. The molecule has 7 heteroatoms. The van der Waals surface area contributed by atoms with Crippen LogP contribution in [0.5, 0.6) is 0 Å². The fourth-order valence-electron chi connectivity index (χ4n) is 4.00. The third-order valence-electron chi connectivity index (χ3n) is 6.05. The molecular formula is C28H55N2O4P+2. The molecule has 0 aromatic carbocycles. The van der Waals surface area contributed by atoms with Gasteiger partial charge in [-0.25, -0.2) is 0 Å². The van der Waals surface area contributed by atoms with E-state index in [1.54, 1.807) is 0 Å². The molecule has 2 N–H and O–H groups in total. The van der Waals surface area contributed by atoms with Crippen molar-refractivity contribution < 1.29 is 23.5 Å². The smallest absolute Gasteiger partial charge is 0.385 e. The Morgan fingerprint density at radius 2 is 1.54 bits per heavy atom. The van der Waals surface area contributed by atoms with Gasteiger partial charge in [-0.1, -0.05) is 69.8 Å². The van der Waals surface area contributed by atoms with Crippen LogP contribution < -0.4 is 5.32 Å². The lowest BCUT2D eigenvalue weighted by atomic mass is 10.1. The van der Waals surface area contributed by atoms with Crippen LogP contribution in [0.15, 0.2) is 24.3 Å². The van der Waals surface area contributed by atoms with Crippen LogP contribution in [0.25, 0.3) is 0 Å². The summed E-state index contributed by atoms with van der Waals surface area (Å²) < 4.78 is 16.7. The minimum Gasteiger partial charge on any atom is -0.385 e. The molecule has 35 heavy (non-hydrogen) atoms. The minimum atomic E-state index is -1.67. The molecule has 0 heterocycles. The van der Waals surface area contributed by atoms with Gasteiger partial charge in [-0.2, -0.15) is 0 Å². The van der Waals surface area contributed by atoms with Crippen LogP contribution in [0.1, 0.15) is 96.8 Å². The molecule has 0 aliphatic rings. The quantitative estimate of drug-likeness (QED) is 0.0665. The van der Waals surface area contributed by atoms with Gasteiger partial charge in [0.05, 0.1) is 20.6 Å². The number of aliphatic hydroxyl groups is 1. The summed E-state index contributed by atoms with van der Waals surface area (Å²) in [6.07, 6.45) is 24.3. The predicted molar refractivity (Wildman–Crippen MR) is 149 cm³/mol. The number of likely N-dealkylation sites (N-methyl/N-ethyl adjacent to an activating group) is 1. The van der Waals surface area contributed by atoms with Gasteiger partial charge in [0.25, 0.3) is 0 Å². The van der Waals surface area contributed by atoms with Crippen molar-refractivity contribution in [1.29, 1.82) is 0 Å². The number of nitrogens with zero attached hydrogens (tertiary/aromatic N) is 1. The molecule has 0 saturated heterocycles. The maximum Gasteiger partial charge on any atom is 0.504 e. The van der Waals surface area contributed by atoms with Gasteiger partial charge in [-0.15, -0.1) is 4.52 Å². The van der Waals surface area contributed by atoms with E-state index < -0.39 is 14.1 Å². The van der Waals surface area contributed by atoms with E-state index in [2.05, 4.69) is 50.6 Å².